The van der Waals surface area contributed by atoms with Crippen LogP contribution in [0.5, 0.6) is 5.75 Å². The van der Waals surface area contributed by atoms with Crippen LogP contribution in [0.2, 0.25) is 0 Å². The van der Waals surface area contributed by atoms with E-state index in [4.69, 9.17) is 10.5 Å². The molecule has 0 aliphatic heterocycles. The Labute approximate surface area is 108 Å². The number of carbonyl (C=O) groups excluding carboxylic acids is 1. The van der Waals surface area contributed by atoms with Crippen LogP contribution in [0.4, 0.5) is 0 Å². The molecule has 1 aliphatic rings. The van der Waals surface area contributed by atoms with Crippen LogP contribution >= 0.6 is 0 Å². The molecule has 0 radical (unpaired) electrons. The molecule has 0 saturated heterocycles. The van der Waals surface area contributed by atoms with Crippen LogP contribution in [0.15, 0.2) is 24.3 Å². The van der Waals surface area contributed by atoms with Gasteiger partial charge in [-0.25, -0.2) is 0 Å². The van der Waals surface area contributed by atoms with Crippen LogP contribution in [0.3, 0.4) is 0 Å². The number of aryl methyl sites for hydroxylation is 1. The Morgan fingerprint density at radius 2 is 2.33 bits per heavy atom. The third-order valence-electron chi connectivity index (χ3n) is 3.15. The van der Waals surface area contributed by atoms with Crippen molar-refractivity contribution in [2.45, 2.75) is 25.8 Å². The lowest BCUT2D eigenvalue weighted by Gasteiger charge is -2.16. The first kappa shape index (κ1) is 12.9. The summed E-state index contributed by atoms with van der Waals surface area (Å²) < 4.78 is 5.44. The smallest absolute Gasteiger partial charge is 0.258 e. The lowest BCUT2D eigenvalue weighted by atomic mass is 10.2. The van der Waals surface area contributed by atoms with E-state index in [1.807, 2.05) is 31.2 Å². The molecule has 4 nitrogen and oxygen atoms in total. The third kappa shape index (κ3) is 3.74. The van der Waals surface area contributed by atoms with Gasteiger partial charge in [0.25, 0.3) is 5.91 Å². The molecule has 3 N–H and O–H groups in total. The first-order valence-electron chi connectivity index (χ1n) is 6.38. The minimum absolute atomic E-state index is 0.0483. The Hall–Kier alpha value is -1.55. The molecule has 18 heavy (non-hydrogen) atoms. The molecule has 98 valence electrons. The zero-order valence-corrected chi connectivity index (χ0v) is 10.7. The lowest BCUT2D eigenvalue weighted by Crippen LogP contribution is -2.43. The summed E-state index contributed by atoms with van der Waals surface area (Å²) in [6.45, 7) is 2.54. The van der Waals surface area contributed by atoms with Gasteiger partial charge in [-0.15, -0.1) is 0 Å². The van der Waals surface area contributed by atoms with Crippen molar-refractivity contribution in [1.82, 2.24) is 5.32 Å². The van der Waals surface area contributed by atoms with Gasteiger partial charge in [-0.1, -0.05) is 12.1 Å². The van der Waals surface area contributed by atoms with Crippen LogP contribution in [-0.2, 0) is 4.79 Å². The summed E-state index contributed by atoms with van der Waals surface area (Å²) in [7, 11) is 0. The molecular formula is C14H20N2O2. The van der Waals surface area contributed by atoms with Gasteiger partial charge in [0.15, 0.2) is 6.61 Å². The fourth-order valence-corrected chi connectivity index (χ4v) is 1.97. The highest BCUT2D eigenvalue weighted by molar-refractivity contribution is 5.78. The molecule has 1 unspecified atom stereocenters. The Morgan fingerprint density at radius 3 is 2.94 bits per heavy atom. The predicted molar refractivity (Wildman–Crippen MR) is 70.4 cm³/mol. The Balaban J connectivity index is 1.77. The molecule has 1 atom stereocenters. The summed E-state index contributed by atoms with van der Waals surface area (Å²) in [6.07, 6.45) is 2.34. The number of carbonyl (C=O) groups is 1. The lowest BCUT2D eigenvalue weighted by molar-refractivity contribution is -0.123. The number of nitrogens with two attached hydrogens (primary N) is 1. The van der Waals surface area contributed by atoms with Gasteiger partial charge in [-0.2, -0.15) is 0 Å². The van der Waals surface area contributed by atoms with E-state index in [2.05, 4.69) is 5.32 Å². The van der Waals surface area contributed by atoms with Gasteiger partial charge < -0.3 is 15.8 Å². The zero-order valence-electron chi connectivity index (χ0n) is 10.7. The summed E-state index contributed by atoms with van der Waals surface area (Å²) in [4.78, 5) is 11.7. The van der Waals surface area contributed by atoms with Crippen molar-refractivity contribution in [3.63, 3.8) is 0 Å². The van der Waals surface area contributed by atoms with Crippen LogP contribution in [0, 0.1) is 12.8 Å². The van der Waals surface area contributed by atoms with E-state index in [1.165, 1.54) is 12.8 Å². The predicted octanol–water partition coefficient (Wildman–Crippen LogP) is 1.23. The molecular weight excluding hydrogens is 228 g/mol. The van der Waals surface area contributed by atoms with Crippen molar-refractivity contribution in [2.75, 3.05) is 13.2 Å². The van der Waals surface area contributed by atoms with Crippen molar-refractivity contribution >= 4 is 5.91 Å². The van der Waals surface area contributed by atoms with Crippen molar-refractivity contribution in [3.8, 4) is 5.75 Å². The highest BCUT2D eigenvalue weighted by atomic mass is 16.5. The van der Waals surface area contributed by atoms with E-state index < -0.39 is 0 Å². The van der Waals surface area contributed by atoms with E-state index in [1.54, 1.807) is 0 Å². The summed E-state index contributed by atoms with van der Waals surface area (Å²) in [6, 6.07) is 7.77. The average molecular weight is 248 g/mol. The number of rotatable bonds is 6. The van der Waals surface area contributed by atoms with E-state index in [9.17, 15) is 4.79 Å². The molecule has 4 heteroatoms. The minimum Gasteiger partial charge on any atom is -0.484 e. The van der Waals surface area contributed by atoms with Gasteiger partial charge in [0.05, 0.1) is 0 Å². The maximum Gasteiger partial charge on any atom is 0.258 e. The number of benzene rings is 1. The largest absolute Gasteiger partial charge is 0.484 e. The second-order valence-corrected chi connectivity index (χ2v) is 4.85. The highest BCUT2D eigenvalue weighted by Crippen LogP contribution is 2.32. The summed E-state index contributed by atoms with van der Waals surface area (Å²) in [5.74, 6) is 1.19. The van der Waals surface area contributed by atoms with Crippen molar-refractivity contribution < 1.29 is 9.53 Å². The molecule has 1 aromatic rings. The first-order valence-corrected chi connectivity index (χ1v) is 6.38. The summed E-state index contributed by atoms with van der Waals surface area (Å²) in [5, 5.41) is 2.92. The van der Waals surface area contributed by atoms with Crippen molar-refractivity contribution in [3.05, 3.63) is 29.8 Å². The second kappa shape index (κ2) is 5.87. The molecule has 1 aromatic carbocycles. The fraction of sp³-hybridized carbons (Fsp3) is 0.500. The number of hydrogen-bond acceptors (Lipinski definition) is 3. The molecule has 1 fully saturated rings. The molecule has 1 amide bonds. The molecule has 0 heterocycles. The topological polar surface area (TPSA) is 64.3 Å². The molecule has 1 saturated carbocycles. The maximum absolute atomic E-state index is 11.7. The standard InChI is InChI=1S/C14H20N2O2/c1-10-3-2-4-12(7-10)18-9-14(17)16-13(8-15)11-5-6-11/h2-4,7,11,13H,5-6,8-9,15H2,1H3,(H,16,17). The fourth-order valence-electron chi connectivity index (χ4n) is 1.97. The second-order valence-electron chi connectivity index (χ2n) is 4.85. The number of ether oxygens (including phenoxy) is 1. The maximum atomic E-state index is 11.7. The van der Waals surface area contributed by atoms with Crippen LogP contribution in [-0.4, -0.2) is 25.1 Å². The molecule has 0 bridgehead atoms. The minimum atomic E-state index is -0.0983. The van der Waals surface area contributed by atoms with Crippen molar-refractivity contribution in [1.29, 1.82) is 0 Å². The molecule has 0 spiro atoms. The monoisotopic (exact) mass is 248 g/mol. The van der Waals surface area contributed by atoms with E-state index in [0.717, 1.165) is 11.3 Å². The van der Waals surface area contributed by atoms with Gasteiger partial charge in [0.2, 0.25) is 0 Å². The molecule has 0 aromatic heterocycles. The summed E-state index contributed by atoms with van der Waals surface area (Å²) in [5.41, 5.74) is 6.75. The van der Waals surface area contributed by atoms with E-state index >= 15 is 0 Å². The van der Waals surface area contributed by atoms with Gasteiger partial charge in [-0.05, 0) is 43.4 Å². The summed E-state index contributed by atoms with van der Waals surface area (Å²) >= 11 is 0. The van der Waals surface area contributed by atoms with Gasteiger partial charge in [-0.3, -0.25) is 4.79 Å². The third-order valence-corrected chi connectivity index (χ3v) is 3.15. The number of nitrogens with one attached hydrogen (secondary N) is 1. The van der Waals surface area contributed by atoms with Crippen LogP contribution in [0.1, 0.15) is 18.4 Å². The zero-order chi connectivity index (χ0) is 13.0. The molecule has 2 rings (SSSR count). The van der Waals surface area contributed by atoms with Crippen molar-refractivity contribution in [2.24, 2.45) is 11.7 Å². The quantitative estimate of drug-likeness (QED) is 0.795. The first-order chi connectivity index (χ1) is 8.69. The van der Waals surface area contributed by atoms with Gasteiger partial charge in [0.1, 0.15) is 5.75 Å². The van der Waals surface area contributed by atoms with E-state index in [0.29, 0.717) is 12.5 Å². The Morgan fingerprint density at radius 1 is 1.56 bits per heavy atom. The normalized spacial score (nSPS) is 16.1. The Bertz CT molecular complexity index is 416. The average Bonchev–Trinajstić information content (AvgIpc) is 3.18. The molecule has 1 aliphatic carbocycles. The SMILES string of the molecule is Cc1cccc(OCC(=O)NC(CN)C2CC2)c1. The number of amides is 1. The highest BCUT2D eigenvalue weighted by Gasteiger charge is 2.31. The number of hydrogen-bond donors (Lipinski definition) is 2. The van der Waals surface area contributed by atoms with Gasteiger partial charge in [0, 0.05) is 12.6 Å². The van der Waals surface area contributed by atoms with Crippen LogP contribution in [0.25, 0.3) is 0 Å². The van der Waals surface area contributed by atoms with Crippen LogP contribution < -0.4 is 15.8 Å². The van der Waals surface area contributed by atoms with E-state index in [-0.39, 0.29) is 18.6 Å². The Kier molecular flexibility index (Phi) is 4.20. The van der Waals surface area contributed by atoms with Gasteiger partial charge >= 0.3 is 0 Å².